The Labute approximate surface area is 152 Å². The van der Waals surface area contributed by atoms with Gasteiger partial charge in [-0.2, -0.15) is 5.26 Å². The summed E-state index contributed by atoms with van der Waals surface area (Å²) >= 11 is 1.15. The molecule has 9 heteroatoms. The van der Waals surface area contributed by atoms with Crippen LogP contribution in [0.2, 0.25) is 0 Å². The van der Waals surface area contributed by atoms with Crippen molar-refractivity contribution >= 4 is 45.7 Å². The van der Waals surface area contributed by atoms with Crippen molar-refractivity contribution in [1.82, 2.24) is 14.9 Å². The number of aromatic nitrogens is 2. The molecule has 5 N–H and O–H groups in total. The van der Waals surface area contributed by atoms with Gasteiger partial charge in [-0.25, -0.2) is 4.98 Å². The Hall–Kier alpha value is -3.51. The van der Waals surface area contributed by atoms with Crippen LogP contribution in [0.5, 0.6) is 0 Å². The number of nitrogen functional groups attached to an aromatic ring is 1. The summed E-state index contributed by atoms with van der Waals surface area (Å²) in [4.78, 5) is 16.9. The van der Waals surface area contributed by atoms with E-state index in [1.165, 1.54) is 0 Å². The highest BCUT2D eigenvalue weighted by Gasteiger charge is 2.23. The lowest BCUT2D eigenvalue weighted by Gasteiger charge is -2.11. The second-order valence-electron chi connectivity index (χ2n) is 5.50. The van der Waals surface area contributed by atoms with Crippen LogP contribution in [0.25, 0.3) is 10.3 Å². The maximum Gasteiger partial charge on any atom is 0.268 e. The van der Waals surface area contributed by atoms with Gasteiger partial charge in [-0.1, -0.05) is 12.1 Å². The largest absolute Gasteiger partial charge is 0.398 e. The van der Waals surface area contributed by atoms with Gasteiger partial charge in [0.15, 0.2) is 10.7 Å². The van der Waals surface area contributed by atoms with Crippen molar-refractivity contribution in [3.05, 3.63) is 45.6 Å². The van der Waals surface area contributed by atoms with Crippen LogP contribution < -0.4 is 11.1 Å². The molecule has 3 rings (SSSR count). The van der Waals surface area contributed by atoms with Crippen molar-refractivity contribution in [2.24, 2.45) is 7.05 Å². The summed E-state index contributed by atoms with van der Waals surface area (Å²) in [7, 11) is 1.68. The van der Waals surface area contributed by atoms with E-state index in [9.17, 15) is 4.79 Å². The summed E-state index contributed by atoms with van der Waals surface area (Å²) in [6.45, 7) is 0.196. The molecule has 0 unspecified atom stereocenters. The number of carbonyl (C=O) groups excluding carboxylic acids is 1. The first-order valence-electron chi connectivity index (χ1n) is 7.57. The number of nitrogens with two attached hydrogens (primary N) is 1. The molecule has 0 radical (unpaired) electrons. The van der Waals surface area contributed by atoms with Crippen LogP contribution in [-0.2, 0) is 13.6 Å². The van der Waals surface area contributed by atoms with Crippen LogP contribution in [0.1, 0.15) is 32.2 Å². The highest BCUT2D eigenvalue weighted by Crippen LogP contribution is 2.29. The van der Waals surface area contributed by atoms with Crippen LogP contribution in [0.4, 0.5) is 5.69 Å². The molecule has 0 spiro atoms. The van der Waals surface area contributed by atoms with Gasteiger partial charge in [0.2, 0.25) is 0 Å². The number of fused-ring (bicyclic) bond motifs is 1. The lowest BCUT2D eigenvalue weighted by molar-refractivity contribution is 0.0943. The summed E-state index contributed by atoms with van der Waals surface area (Å²) in [6.07, 6.45) is 2.26. The molecule has 8 nitrogen and oxygen atoms in total. The van der Waals surface area contributed by atoms with Gasteiger partial charge < -0.3 is 26.4 Å². The van der Waals surface area contributed by atoms with Crippen LogP contribution >= 0.6 is 11.3 Å². The summed E-state index contributed by atoms with van der Waals surface area (Å²) < 4.78 is 2.22. The summed E-state index contributed by atoms with van der Waals surface area (Å²) in [5.41, 5.74) is 8.85. The maximum absolute atomic E-state index is 12.7. The molecule has 0 aliphatic rings. The van der Waals surface area contributed by atoms with E-state index in [0.717, 1.165) is 29.3 Å². The SMILES string of the molecule is Cn1c(C(=O)NCc2cccc(N)c2C=N)c(C=N)c2sc(C#N)nc21. The zero-order chi connectivity index (χ0) is 18.8. The molecule has 2 aromatic heterocycles. The topological polar surface area (TPSA) is 144 Å². The number of carbonyl (C=O) groups is 1. The van der Waals surface area contributed by atoms with Gasteiger partial charge in [0.1, 0.15) is 11.8 Å². The maximum atomic E-state index is 12.7. The third kappa shape index (κ3) is 2.72. The quantitative estimate of drug-likeness (QED) is 0.405. The fourth-order valence-corrected chi connectivity index (χ4v) is 3.70. The van der Waals surface area contributed by atoms with E-state index in [1.54, 1.807) is 29.8 Å². The smallest absolute Gasteiger partial charge is 0.268 e. The van der Waals surface area contributed by atoms with Gasteiger partial charge in [-0.05, 0) is 11.6 Å². The second-order valence-corrected chi connectivity index (χ2v) is 6.50. The highest BCUT2D eigenvalue weighted by atomic mass is 32.1. The minimum absolute atomic E-state index is 0.196. The Morgan fingerprint density at radius 1 is 1.42 bits per heavy atom. The Morgan fingerprint density at radius 3 is 2.81 bits per heavy atom. The zero-order valence-electron chi connectivity index (χ0n) is 13.8. The number of hydrogen-bond donors (Lipinski definition) is 4. The number of nitrogens with one attached hydrogen (secondary N) is 3. The number of hydrogen-bond acceptors (Lipinski definition) is 7. The average molecular weight is 365 g/mol. The van der Waals surface area contributed by atoms with Gasteiger partial charge in [-0.3, -0.25) is 4.79 Å². The summed E-state index contributed by atoms with van der Waals surface area (Å²) in [6, 6.07) is 7.23. The highest BCUT2D eigenvalue weighted by molar-refractivity contribution is 7.19. The number of rotatable bonds is 5. The molecule has 1 amide bonds. The Bertz CT molecular complexity index is 1090. The van der Waals surface area contributed by atoms with E-state index < -0.39 is 0 Å². The molecular weight excluding hydrogens is 350 g/mol. The molecule has 2 heterocycles. The first-order valence-corrected chi connectivity index (χ1v) is 8.39. The fourth-order valence-electron chi connectivity index (χ4n) is 2.79. The number of nitrogens with zero attached hydrogens (tertiary/aromatic N) is 3. The molecule has 130 valence electrons. The minimum Gasteiger partial charge on any atom is -0.398 e. The predicted molar refractivity (Wildman–Crippen MR) is 101 cm³/mol. The molecule has 0 atom stereocenters. The first-order chi connectivity index (χ1) is 12.5. The van der Waals surface area contributed by atoms with E-state index in [4.69, 9.17) is 21.8 Å². The third-order valence-electron chi connectivity index (χ3n) is 4.03. The van der Waals surface area contributed by atoms with Crippen molar-refractivity contribution < 1.29 is 4.79 Å². The van der Waals surface area contributed by atoms with E-state index in [2.05, 4.69) is 10.3 Å². The second kappa shape index (κ2) is 6.78. The van der Waals surface area contributed by atoms with Gasteiger partial charge in [0.25, 0.3) is 5.91 Å². The van der Waals surface area contributed by atoms with Crippen LogP contribution in [0.3, 0.4) is 0 Å². The lowest BCUT2D eigenvalue weighted by atomic mass is 10.1. The van der Waals surface area contributed by atoms with Gasteiger partial charge >= 0.3 is 0 Å². The fraction of sp³-hybridized carbons (Fsp3) is 0.118. The Balaban J connectivity index is 1.94. The van der Waals surface area contributed by atoms with E-state index in [1.807, 2.05) is 6.07 Å². The van der Waals surface area contributed by atoms with Crippen molar-refractivity contribution in [3.63, 3.8) is 0 Å². The Kier molecular flexibility index (Phi) is 4.51. The number of nitriles is 1. The number of anilines is 1. The molecule has 0 aliphatic carbocycles. The van der Waals surface area contributed by atoms with Crippen molar-refractivity contribution in [2.75, 3.05) is 5.73 Å². The molecule has 0 aliphatic heterocycles. The first kappa shape index (κ1) is 17.3. The predicted octanol–water partition coefficient (Wildman–Crippen LogP) is 2.01. The number of amides is 1. The van der Waals surface area contributed by atoms with Crippen molar-refractivity contribution in [1.29, 1.82) is 16.1 Å². The molecule has 26 heavy (non-hydrogen) atoms. The van der Waals surface area contributed by atoms with Crippen molar-refractivity contribution in [2.45, 2.75) is 6.54 Å². The van der Waals surface area contributed by atoms with Gasteiger partial charge in [-0.15, -0.1) is 11.3 Å². The van der Waals surface area contributed by atoms with Crippen molar-refractivity contribution in [3.8, 4) is 6.07 Å². The zero-order valence-corrected chi connectivity index (χ0v) is 14.6. The Morgan fingerprint density at radius 2 is 2.15 bits per heavy atom. The van der Waals surface area contributed by atoms with Crippen LogP contribution in [0.15, 0.2) is 18.2 Å². The molecule has 3 aromatic rings. The number of aryl methyl sites for hydroxylation is 1. The summed E-state index contributed by atoms with van der Waals surface area (Å²) in [5, 5.41) is 27.2. The van der Waals surface area contributed by atoms with Gasteiger partial charge in [0, 0.05) is 42.8 Å². The molecule has 0 fully saturated rings. The minimum atomic E-state index is -0.368. The molecule has 0 saturated carbocycles. The molecule has 0 saturated heterocycles. The van der Waals surface area contributed by atoms with Crippen LogP contribution in [-0.4, -0.2) is 27.9 Å². The van der Waals surface area contributed by atoms with Crippen LogP contribution in [0, 0.1) is 22.1 Å². The normalized spacial score (nSPS) is 10.5. The van der Waals surface area contributed by atoms with E-state index in [0.29, 0.717) is 32.9 Å². The lowest BCUT2D eigenvalue weighted by Crippen LogP contribution is -2.26. The molecule has 0 bridgehead atoms. The third-order valence-corrected chi connectivity index (χ3v) is 5.01. The van der Waals surface area contributed by atoms with Gasteiger partial charge in [0.05, 0.1) is 4.70 Å². The number of thiazole rings is 1. The average Bonchev–Trinajstić information content (AvgIpc) is 3.17. The number of benzene rings is 1. The standard InChI is InChI=1S/C17H15N7OS/c1-24-14(11(6-19)15-16(24)23-13(7-20)26-15)17(25)22-8-9-3-2-4-12(21)10(9)5-18/h2-6,18-19H,8,21H2,1H3,(H,22,25). The summed E-state index contributed by atoms with van der Waals surface area (Å²) in [5.74, 6) is -0.368. The van der Waals surface area contributed by atoms with E-state index >= 15 is 0 Å². The van der Waals surface area contributed by atoms with E-state index in [-0.39, 0.29) is 17.5 Å². The molecule has 1 aromatic carbocycles. The molecular formula is C17H15N7OS. The monoisotopic (exact) mass is 365 g/mol.